The minimum absolute atomic E-state index is 0.433. The average Bonchev–Trinajstić information content (AvgIpc) is 2.68. The summed E-state index contributed by atoms with van der Waals surface area (Å²) in [5.41, 5.74) is 0. The number of aromatic nitrogens is 2. The third kappa shape index (κ3) is 2.91. The van der Waals surface area contributed by atoms with Crippen molar-refractivity contribution >= 4 is 16.7 Å². The smallest absolute Gasteiger partial charge is 0.202 e. The Morgan fingerprint density at radius 1 is 1.27 bits per heavy atom. The fourth-order valence-corrected chi connectivity index (χ4v) is 2.73. The first-order chi connectivity index (χ1) is 7.25. The van der Waals surface area contributed by atoms with Crippen molar-refractivity contribution in [3.8, 4) is 0 Å². The molecule has 1 heterocycles. The van der Waals surface area contributed by atoms with Crippen molar-refractivity contribution < 1.29 is 0 Å². The van der Waals surface area contributed by atoms with Crippen molar-refractivity contribution in [3.63, 3.8) is 0 Å². The van der Waals surface area contributed by atoms with Crippen molar-refractivity contribution in [2.24, 2.45) is 0 Å². The highest BCUT2D eigenvalue weighted by molar-refractivity contribution is 7.09. The number of anilines is 1. The predicted molar refractivity (Wildman–Crippen MR) is 64.5 cm³/mol. The van der Waals surface area contributed by atoms with E-state index in [0.717, 1.165) is 11.0 Å². The fraction of sp³-hybridized carbons (Fsp3) is 0.818. The summed E-state index contributed by atoms with van der Waals surface area (Å²) in [6.45, 7) is 4.26. The third-order valence-electron chi connectivity index (χ3n) is 2.89. The van der Waals surface area contributed by atoms with Crippen molar-refractivity contribution in [3.05, 3.63) is 5.82 Å². The number of rotatable bonds is 3. The van der Waals surface area contributed by atoms with Crippen LogP contribution in [0, 0.1) is 0 Å². The molecule has 0 amide bonds. The summed E-state index contributed by atoms with van der Waals surface area (Å²) in [6, 6.07) is 0.631. The zero-order valence-electron chi connectivity index (χ0n) is 9.49. The molecule has 4 heteroatoms. The van der Waals surface area contributed by atoms with E-state index in [2.05, 4.69) is 28.5 Å². The summed E-state index contributed by atoms with van der Waals surface area (Å²) >= 11 is 1.50. The molecule has 0 aliphatic heterocycles. The molecule has 1 aromatic heterocycles. The van der Waals surface area contributed by atoms with Crippen LogP contribution in [0.2, 0.25) is 0 Å². The first kappa shape index (κ1) is 10.9. The summed E-state index contributed by atoms with van der Waals surface area (Å²) in [6.07, 6.45) is 6.68. The molecule has 1 aromatic rings. The van der Waals surface area contributed by atoms with Gasteiger partial charge in [0.15, 0.2) is 0 Å². The van der Waals surface area contributed by atoms with Crippen LogP contribution in [0.1, 0.15) is 57.7 Å². The monoisotopic (exact) mass is 225 g/mol. The van der Waals surface area contributed by atoms with E-state index < -0.39 is 0 Å². The number of hydrogen-bond donors (Lipinski definition) is 1. The van der Waals surface area contributed by atoms with E-state index in [1.54, 1.807) is 0 Å². The molecule has 1 aliphatic carbocycles. The molecule has 2 rings (SSSR count). The molecule has 0 saturated heterocycles. The van der Waals surface area contributed by atoms with E-state index in [1.807, 2.05) is 0 Å². The molecule has 0 aromatic carbocycles. The molecule has 0 radical (unpaired) electrons. The van der Waals surface area contributed by atoms with Gasteiger partial charge in [-0.15, -0.1) is 0 Å². The first-order valence-electron chi connectivity index (χ1n) is 5.86. The zero-order valence-corrected chi connectivity index (χ0v) is 10.3. The fourth-order valence-electron chi connectivity index (χ4n) is 1.95. The van der Waals surface area contributed by atoms with Gasteiger partial charge in [-0.05, 0) is 12.8 Å². The van der Waals surface area contributed by atoms with Crippen molar-refractivity contribution in [1.29, 1.82) is 0 Å². The molecule has 1 N–H and O–H groups in total. The molecule has 0 bridgehead atoms. The van der Waals surface area contributed by atoms with Gasteiger partial charge in [0.05, 0.1) is 0 Å². The SMILES string of the molecule is CC(C)c1nsc(NC2CCCCC2)n1. The second-order valence-corrected chi connectivity index (χ2v) is 5.34. The topological polar surface area (TPSA) is 37.8 Å². The Balaban J connectivity index is 1.91. The molecule has 1 fully saturated rings. The zero-order chi connectivity index (χ0) is 10.7. The Bertz CT molecular complexity index is 303. The minimum atomic E-state index is 0.433. The van der Waals surface area contributed by atoms with Crippen LogP contribution in [0.4, 0.5) is 5.13 Å². The maximum Gasteiger partial charge on any atom is 0.202 e. The summed E-state index contributed by atoms with van der Waals surface area (Å²) in [4.78, 5) is 4.50. The first-order valence-corrected chi connectivity index (χ1v) is 6.63. The lowest BCUT2D eigenvalue weighted by atomic mass is 9.96. The van der Waals surface area contributed by atoms with Gasteiger partial charge in [0.25, 0.3) is 0 Å². The highest BCUT2D eigenvalue weighted by Gasteiger charge is 2.15. The second kappa shape index (κ2) is 4.92. The number of nitrogens with zero attached hydrogens (tertiary/aromatic N) is 2. The quantitative estimate of drug-likeness (QED) is 0.856. The Morgan fingerprint density at radius 3 is 2.60 bits per heavy atom. The Kier molecular flexibility index (Phi) is 3.57. The highest BCUT2D eigenvalue weighted by atomic mass is 32.1. The Hall–Kier alpha value is -0.640. The second-order valence-electron chi connectivity index (χ2n) is 4.59. The summed E-state index contributed by atoms with van der Waals surface area (Å²) in [5.74, 6) is 1.40. The van der Waals surface area contributed by atoms with Gasteiger partial charge >= 0.3 is 0 Å². The van der Waals surface area contributed by atoms with Gasteiger partial charge in [-0.1, -0.05) is 33.1 Å². The van der Waals surface area contributed by atoms with Gasteiger partial charge in [-0.3, -0.25) is 0 Å². The lowest BCUT2D eigenvalue weighted by Crippen LogP contribution is -2.22. The van der Waals surface area contributed by atoms with Crippen molar-refractivity contribution in [1.82, 2.24) is 9.36 Å². The summed E-state index contributed by atoms with van der Waals surface area (Å²) in [5, 5.41) is 4.51. The van der Waals surface area contributed by atoms with E-state index in [0.29, 0.717) is 12.0 Å². The average molecular weight is 225 g/mol. The summed E-state index contributed by atoms with van der Waals surface area (Å²) < 4.78 is 4.35. The predicted octanol–water partition coefficient (Wildman–Crippen LogP) is 3.41. The molecule has 84 valence electrons. The lowest BCUT2D eigenvalue weighted by Gasteiger charge is -2.21. The normalized spacial score (nSPS) is 18.3. The third-order valence-corrected chi connectivity index (χ3v) is 3.55. The van der Waals surface area contributed by atoms with Gasteiger partial charge in [0, 0.05) is 23.5 Å². The van der Waals surface area contributed by atoms with E-state index >= 15 is 0 Å². The molecule has 0 unspecified atom stereocenters. The van der Waals surface area contributed by atoms with Gasteiger partial charge in [0.1, 0.15) is 5.82 Å². The molecular formula is C11H19N3S. The maximum atomic E-state index is 4.50. The van der Waals surface area contributed by atoms with Crippen LogP contribution in [0.5, 0.6) is 0 Å². The van der Waals surface area contributed by atoms with Gasteiger partial charge in [0.2, 0.25) is 5.13 Å². The number of nitrogens with one attached hydrogen (secondary N) is 1. The molecule has 1 aliphatic rings. The van der Waals surface area contributed by atoms with Gasteiger partial charge < -0.3 is 5.32 Å². The molecule has 1 saturated carbocycles. The molecule has 3 nitrogen and oxygen atoms in total. The molecular weight excluding hydrogens is 206 g/mol. The van der Waals surface area contributed by atoms with Crippen LogP contribution in [0.15, 0.2) is 0 Å². The standard InChI is InChI=1S/C11H19N3S/c1-8(2)10-13-11(15-14-10)12-9-6-4-3-5-7-9/h8-9H,3-7H2,1-2H3,(H,12,13,14). The number of hydrogen-bond acceptors (Lipinski definition) is 4. The lowest BCUT2D eigenvalue weighted by molar-refractivity contribution is 0.462. The van der Waals surface area contributed by atoms with E-state index in [-0.39, 0.29) is 0 Å². The molecule has 0 spiro atoms. The molecule has 15 heavy (non-hydrogen) atoms. The van der Waals surface area contributed by atoms with Crippen LogP contribution in [-0.2, 0) is 0 Å². The largest absolute Gasteiger partial charge is 0.358 e. The van der Waals surface area contributed by atoms with Crippen LogP contribution in [0.25, 0.3) is 0 Å². The van der Waals surface area contributed by atoms with Crippen LogP contribution in [0.3, 0.4) is 0 Å². The van der Waals surface area contributed by atoms with Crippen molar-refractivity contribution in [2.75, 3.05) is 5.32 Å². The van der Waals surface area contributed by atoms with Crippen LogP contribution in [-0.4, -0.2) is 15.4 Å². The Labute approximate surface area is 95.5 Å². The Morgan fingerprint density at radius 2 is 2.00 bits per heavy atom. The van der Waals surface area contributed by atoms with E-state index in [1.165, 1.54) is 43.6 Å². The summed E-state index contributed by atoms with van der Waals surface area (Å²) in [7, 11) is 0. The molecule has 0 atom stereocenters. The van der Waals surface area contributed by atoms with Gasteiger partial charge in [-0.2, -0.15) is 4.37 Å². The maximum absolute atomic E-state index is 4.50. The van der Waals surface area contributed by atoms with Crippen LogP contribution < -0.4 is 5.32 Å². The van der Waals surface area contributed by atoms with Crippen molar-refractivity contribution in [2.45, 2.75) is 57.9 Å². The van der Waals surface area contributed by atoms with E-state index in [9.17, 15) is 0 Å². The van der Waals surface area contributed by atoms with E-state index in [4.69, 9.17) is 0 Å². The highest BCUT2D eigenvalue weighted by Crippen LogP contribution is 2.23. The minimum Gasteiger partial charge on any atom is -0.358 e. The van der Waals surface area contributed by atoms with Gasteiger partial charge in [-0.25, -0.2) is 4.98 Å². The van der Waals surface area contributed by atoms with Crippen LogP contribution >= 0.6 is 11.5 Å².